The third-order valence-corrected chi connectivity index (χ3v) is 3.74. The summed E-state index contributed by atoms with van der Waals surface area (Å²) in [6, 6.07) is 5.79. The van der Waals surface area contributed by atoms with Gasteiger partial charge in [-0.3, -0.25) is 4.79 Å². The largest absolute Gasteiger partial charge is 0.454 e. The minimum Gasteiger partial charge on any atom is -0.454 e. The van der Waals surface area contributed by atoms with Crippen LogP contribution >= 0.6 is 12.4 Å². The van der Waals surface area contributed by atoms with E-state index in [9.17, 15) is 4.79 Å². The zero-order chi connectivity index (χ0) is 13.2. The van der Waals surface area contributed by atoms with Crippen molar-refractivity contribution in [2.24, 2.45) is 5.73 Å². The van der Waals surface area contributed by atoms with Gasteiger partial charge in [-0.05, 0) is 43.9 Å². The van der Waals surface area contributed by atoms with Crippen molar-refractivity contribution in [3.63, 3.8) is 0 Å². The van der Waals surface area contributed by atoms with Gasteiger partial charge in [-0.25, -0.2) is 0 Å². The smallest absolute Gasteiger partial charge is 0.251 e. The number of nitrogens with two attached hydrogens (primary N) is 1. The lowest BCUT2D eigenvalue weighted by Crippen LogP contribution is -2.40. The molecule has 1 heterocycles. The van der Waals surface area contributed by atoms with Crippen LogP contribution in [-0.2, 0) is 0 Å². The van der Waals surface area contributed by atoms with E-state index in [-0.39, 0.29) is 31.1 Å². The molecule has 1 aromatic carbocycles. The maximum Gasteiger partial charge on any atom is 0.251 e. The van der Waals surface area contributed by atoms with Crippen LogP contribution < -0.4 is 20.5 Å². The van der Waals surface area contributed by atoms with Crippen molar-refractivity contribution in [3.05, 3.63) is 23.8 Å². The number of amides is 1. The van der Waals surface area contributed by atoms with E-state index in [1.165, 1.54) is 0 Å². The molecule has 2 aliphatic rings. The molecule has 1 saturated carbocycles. The van der Waals surface area contributed by atoms with Gasteiger partial charge in [0.2, 0.25) is 6.79 Å². The molecular formula is C14H19ClN2O3. The van der Waals surface area contributed by atoms with Crippen molar-refractivity contribution in [2.45, 2.75) is 37.8 Å². The third-order valence-electron chi connectivity index (χ3n) is 3.74. The summed E-state index contributed by atoms with van der Waals surface area (Å²) in [5, 5.41) is 3.06. The molecule has 0 aromatic heterocycles. The number of carbonyl (C=O) groups excluding carboxylic acids is 1. The Morgan fingerprint density at radius 3 is 2.60 bits per heavy atom. The maximum absolute atomic E-state index is 12.2. The highest BCUT2D eigenvalue weighted by molar-refractivity contribution is 5.95. The first-order valence-electron chi connectivity index (χ1n) is 6.68. The van der Waals surface area contributed by atoms with E-state index >= 15 is 0 Å². The van der Waals surface area contributed by atoms with Crippen molar-refractivity contribution >= 4 is 18.3 Å². The van der Waals surface area contributed by atoms with Gasteiger partial charge in [0.25, 0.3) is 5.91 Å². The van der Waals surface area contributed by atoms with E-state index in [2.05, 4.69) is 5.32 Å². The number of hydrogen-bond donors (Lipinski definition) is 2. The number of carbonyl (C=O) groups is 1. The summed E-state index contributed by atoms with van der Waals surface area (Å²) in [7, 11) is 0. The fourth-order valence-corrected chi connectivity index (χ4v) is 2.57. The van der Waals surface area contributed by atoms with Gasteiger partial charge in [0, 0.05) is 17.6 Å². The molecule has 3 N–H and O–H groups in total. The number of fused-ring (bicyclic) bond motifs is 1. The fourth-order valence-electron chi connectivity index (χ4n) is 2.57. The monoisotopic (exact) mass is 298 g/mol. The second-order valence-electron chi connectivity index (χ2n) is 5.15. The average Bonchev–Trinajstić information content (AvgIpc) is 2.88. The molecule has 0 spiro atoms. The Balaban J connectivity index is 0.00000147. The summed E-state index contributed by atoms with van der Waals surface area (Å²) >= 11 is 0. The molecule has 3 rings (SSSR count). The predicted molar refractivity (Wildman–Crippen MR) is 77.5 cm³/mol. The van der Waals surface area contributed by atoms with Gasteiger partial charge < -0.3 is 20.5 Å². The molecule has 0 radical (unpaired) electrons. The van der Waals surface area contributed by atoms with Crippen LogP contribution in [0, 0.1) is 0 Å². The van der Waals surface area contributed by atoms with Crippen molar-refractivity contribution < 1.29 is 14.3 Å². The molecule has 110 valence electrons. The topological polar surface area (TPSA) is 73.6 Å². The van der Waals surface area contributed by atoms with Crippen LogP contribution in [0.3, 0.4) is 0 Å². The van der Waals surface area contributed by atoms with E-state index in [0.717, 1.165) is 25.7 Å². The van der Waals surface area contributed by atoms with E-state index < -0.39 is 0 Å². The number of ether oxygens (including phenoxy) is 2. The molecule has 1 aliphatic heterocycles. The van der Waals surface area contributed by atoms with Gasteiger partial charge >= 0.3 is 0 Å². The standard InChI is InChI=1S/C14H18N2O3.ClH/c15-10-2-4-11(5-3-10)16-14(17)9-1-6-12-13(7-9)19-8-18-12;/h1,6-7,10-11H,2-5,8,15H2,(H,16,17);1H. The molecule has 1 aliphatic carbocycles. The Hall–Kier alpha value is -1.46. The Bertz CT molecular complexity index is 487. The van der Waals surface area contributed by atoms with Gasteiger partial charge in [0.1, 0.15) is 0 Å². The van der Waals surface area contributed by atoms with Crippen molar-refractivity contribution in [1.29, 1.82) is 0 Å². The number of halogens is 1. The molecule has 0 bridgehead atoms. The highest BCUT2D eigenvalue weighted by Crippen LogP contribution is 2.32. The van der Waals surface area contributed by atoms with Crippen LogP contribution in [-0.4, -0.2) is 24.8 Å². The zero-order valence-electron chi connectivity index (χ0n) is 11.1. The van der Waals surface area contributed by atoms with Gasteiger partial charge in [0.15, 0.2) is 11.5 Å². The first-order chi connectivity index (χ1) is 9.22. The number of rotatable bonds is 2. The summed E-state index contributed by atoms with van der Waals surface area (Å²) in [4.78, 5) is 12.2. The van der Waals surface area contributed by atoms with Crippen molar-refractivity contribution in [2.75, 3.05) is 6.79 Å². The molecule has 6 heteroatoms. The van der Waals surface area contributed by atoms with Gasteiger partial charge in [-0.1, -0.05) is 0 Å². The Kier molecular flexibility index (Phi) is 4.73. The van der Waals surface area contributed by atoms with E-state index in [1.807, 2.05) is 0 Å². The SMILES string of the molecule is Cl.NC1CCC(NC(=O)c2ccc3c(c2)OCO3)CC1. The van der Waals surface area contributed by atoms with Crippen LogP contribution in [0.4, 0.5) is 0 Å². The Morgan fingerprint density at radius 2 is 1.85 bits per heavy atom. The maximum atomic E-state index is 12.2. The van der Waals surface area contributed by atoms with Crippen LogP contribution in [0.25, 0.3) is 0 Å². The van der Waals surface area contributed by atoms with Crippen molar-refractivity contribution in [3.8, 4) is 11.5 Å². The van der Waals surface area contributed by atoms with Crippen LogP contribution in [0.2, 0.25) is 0 Å². The molecule has 1 aromatic rings. The van der Waals surface area contributed by atoms with Crippen LogP contribution in [0.1, 0.15) is 36.0 Å². The molecule has 20 heavy (non-hydrogen) atoms. The van der Waals surface area contributed by atoms with E-state index in [1.54, 1.807) is 18.2 Å². The Morgan fingerprint density at radius 1 is 1.15 bits per heavy atom. The number of benzene rings is 1. The lowest BCUT2D eigenvalue weighted by molar-refractivity contribution is 0.0925. The molecule has 5 nitrogen and oxygen atoms in total. The fraction of sp³-hybridized carbons (Fsp3) is 0.500. The molecule has 1 fully saturated rings. The molecule has 0 saturated heterocycles. The predicted octanol–water partition coefficient (Wildman–Crippen LogP) is 1.84. The van der Waals surface area contributed by atoms with Gasteiger partial charge in [-0.2, -0.15) is 0 Å². The summed E-state index contributed by atoms with van der Waals surface area (Å²) in [5.41, 5.74) is 6.47. The highest BCUT2D eigenvalue weighted by Gasteiger charge is 2.22. The zero-order valence-corrected chi connectivity index (χ0v) is 11.9. The molecule has 0 unspecified atom stereocenters. The first kappa shape index (κ1) is 14.9. The quantitative estimate of drug-likeness (QED) is 0.874. The average molecular weight is 299 g/mol. The highest BCUT2D eigenvalue weighted by atomic mass is 35.5. The second kappa shape index (κ2) is 6.33. The van der Waals surface area contributed by atoms with Gasteiger partial charge in [0.05, 0.1) is 0 Å². The lowest BCUT2D eigenvalue weighted by Gasteiger charge is -2.26. The molecular weight excluding hydrogens is 280 g/mol. The summed E-state index contributed by atoms with van der Waals surface area (Å²) in [6.07, 6.45) is 3.87. The summed E-state index contributed by atoms with van der Waals surface area (Å²) in [6.45, 7) is 0.223. The summed E-state index contributed by atoms with van der Waals surface area (Å²) in [5.74, 6) is 1.28. The van der Waals surface area contributed by atoms with Crippen molar-refractivity contribution in [1.82, 2.24) is 5.32 Å². The minimum atomic E-state index is -0.0567. The normalized spacial score (nSPS) is 23.9. The summed E-state index contributed by atoms with van der Waals surface area (Å²) < 4.78 is 10.5. The lowest BCUT2D eigenvalue weighted by atomic mass is 9.91. The van der Waals surface area contributed by atoms with Crippen LogP contribution in [0.5, 0.6) is 11.5 Å². The first-order valence-corrected chi connectivity index (χ1v) is 6.68. The number of nitrogens with one attached hydrogen (secondary N) is 1. The molecule has 0 atom stereocenters. The van der Waals surface area contributed by atoms with Gasteiger partial charge in [-0.15, -0.1) is 12.4 Å². The minimum absolute atomic E-state index is 0. The Labute approximate surface area is 124 Å². The second-order valence-corrected chi connectivity index (χ2v) is 5.15. The van der Waals surface area contributed by atoms with E-state index in [4.69, 9.17) is 15.2 Å². The molecule has 1 amide bonds. The third kappa shape index (κ3) is 3.16. The van der Waals surface area contributed by atoms with E-state index in [0.29, 0.717) is 23.1 Å². The van der Waals surface area contributed by atoms with Crippen LogP contribution in [0.15, 0.2) is 18.2 Å². The number of hydrogen-bond acceptors (Lipinski definition) is 4.